The molecule has 0 radical (unpaired) electrons. The third-order valence-electron chi connectivity index (χ3n) is 4.33. The number of nitrogens with one attached hydrogen (secondary N) is 1. The van der Waals surface area contributed by atoms with Crippen molar-refractivity contribution in [3.8, 4) is 5.75 Å². The van der Waals surface area contributed by atoms with Crippen LogP contribution in [0.5, 0.6) is 5.75 Å². The van der Waals surface area contributed by atoms with Crippen molar-refractivity contribution in [1.29, 1.82) is 0 Å². The van der Waals surface area contributed by atoms with Crippen LogP contribution in [0.3, 0.4) is 0 Å². The molecule has 5 nitrogen and oxygen atoms in total. The van der Waals surface area contributed by atoms with Crippen LogP contribution in [0.25, 0.3) is 5.65 Å². The zero-order valence-electron chi connectivity index (χ0n) is 15.2. The molecule has 0 bridgehead atoms. The lowest BCUT2D eigenvalue weighted by molar-refractivity contribution is 0.102. The molecular formula is C22H18FN3O2. The van der Waals surface area contributed by atoms with E-state index in [4.69, 9.17) is 4.74 Å². The third-order valence-corrected chi connectivity index (χ3v) is 4.33. The first-order valence-electron chi connectivity index (χ1n) is 8.81. The van der Waals surface area contributed by atoms with Crippen molar-refractivity contribution in [2.24, 2.45) is 0 Å². The van der Waals surface area contributed by atoms with Crippen molar-refractivity contribution < 1.29 is 13.9 Å². The van der Waals surface area contributed by atoms with Gasteiger partial charge < -0.3 is 14.5 Å². The van der Waals surface area contributed by atoms with Crippen LogP contribution < -0.4 is 10.1 Å². The highest BCUT2D eigenvalue weighted by molar-refractivity contribution is 6.04. The fourth-order valence-corrected chi connectivity index (χ4v) is 2.82. The molecule has 0 aliphatic heterocycles. The van der Waals surface area contributed by atoms with Crippen LogP contribution in [-0.4, -0.2) is 15.3 Å². The zero-order chi connectivity index (χ0) is 19.5. The van der Waals surface area contributed by atoms with Gasteiger partial charge in [-0.25, -0.2) is 9.37 Å². The highest BCUT2D eigenvalue weighted by Crippen LogP contribution is 2.18. The maximum atomic E-state index is 13.7. The quantitative estimate of drug-likeness (QED) is 0.554. The van der Waals surface area contributed by atoms with Crippen molar-refractivity contribution in [3.05, 3.63) is 95.7 Å². The van der Waals surface area contributed by atoms with Gasteiger partial charge in [-0.3, -0.25) is 4.79 Å². The molecule has 2 aromatic carbocycles. The minimum Gasteiger partial charge on any atom is -0.487 e. The van der Waals surface area contributed by atoms with E-state index in [2.05, 4.69) is 10.3 Å². The van der Waals surface area contributed by atoms with Crippen molar-refractivity contribution in [2.75, 3.05) is 5.32 Å². The fourth-order valence-electron chi connectivity index (χ4n) is 2.82. The number of carbonyl (C=O) groups is 1. The molecule has 0 saturated heterocycles. The topological polar surface area (TPSA) is 55.6 Å². The Bertz CT molecular complexity index is 1120. The minimum atomic E-state index is -0.359. The second kappa shape index (κ2) is 7.52. The summed E-state index contributed by atoms with van der Waals surface area (Å²) >= 11 is 0. The summed E-state index contributed by atoms with van der Waals surface area (Å²) < 4.78 is 21.4. The molecule has 0 aliphatic carbocycles. The molecule has 140 valence electrons. The first-order valence-corrected chi connectivity index (χ1v) is 8.81. The largest absolute Gasteiger partial charge is 0.487 e. The first-order chi connectivity index (χ1) is 13.6. The number of carbonyl (C=O) groups excluding carboxylic acids is 1. The van der Waals surface area contributed by atoms with Crippen LogP contribution in [0, 0.1) is 12.7 Å². The SMILES string of the molecule is Cc1ccc(NC(=O)c2cccc(OCc3cn4ccccc4n3)c2)cc1F. The van der Waals surface area contributed by atoms with Gasteiger partial charge in [-0.2, -0.15) is 0 Å². The van der Waals surface area contributed by atoms with Crippen molar-refractivity contribution in [3.63, 3.8) is 0 Å². The van der Waals surface area contributed by atoms with Crippen molar-refractivity contribution in [2.45, 2.75) is 13.5 Å². The molecular weight excluding hydrogens is 357 g/mol. The number of halogens is 1. The van der Waals surface area contributed by atoms with Gasteiger partial charge in [0.15, 0.2) is 0 Å². The van der Waals surface area contributed by atoms with E-state index in [0.717, 1.165) is 11.3 Å². The molecule has 0 spiro atoms. The van der Waals surface area contributed by atoms with E-state index in [1.54, 1.807) is 43.3 Å². The van der Waals surface area contributed by atoms with E-state index in [9.17, 15) is 9.18 Å². The van der Waals surface area contributed by atoms with Crippen molar-refractivity contribution >= 4 is 17.2 Å². The van der Waals surface area contributed by atoms with Crippen LogP contribution in [-0.2, 0) is 6.61 Å². The number of imidazole rings is 1. The molecule has 2 heterocycles. The molecule has 28 heavy (non-hydrogen) atoms. The fraction of sp³-hybridized carbons (Fsp3) is 0.0909. The van der Waals surface area contributed by atoms with Gasteiger partial charge >= 0.3 is 0 Å². The van der Waals surface area contributed by atoms with E-state index >= 15 is 0 Å². The number of ether oxygens (including phenoxy) is 1. The Morgan fingerprint density at radius 2 is 2.04 bits per heavy atom. The number of aryl methyl sites for hydroxylation is 1. The van der Waals surface area contributed by atoms with Crippen LogP contribution in [0.2, 0.25) is 0 Å². The Labute approximate surface area is 161 Å². The normalized spacial score (nSPS) is 10.8. The van der Waals surface area contributed by atoms with E-state index in [0.29, 0.717) is 22.6 Å². The van der Waals surface area contributed by atoms with Gasteiger partial charge in [0.25, 0.3) is 5.91 Å². The average Bonchev–Trinajstić information content (AvgIpc) is 3.12. The van der Waals surface area contributed by atoms with Crippen LogP contribution in [0.15, 0.2) is 73.1 Å². The van der Waals surface area contributed by atoms with Gasteiger partial charge in [-0.05, 0) is 55.0 Å². The number of amides is 1. The van der Waals surface area contributed by atoms with Gasteiger partial charge in [0.2, 0.25) is 0 Å². The molecule has 4 rings (SSSR count). The smallest absolute Gasteiger partial charge is 0.255 e. The number of pyridine rings is 1. The van der Waals surface area contributed by atoms with E-state index < -0.39 is 0 Å². The molecule has 6 heteroatoms. The Hall–Kier alpha value is -3.67. The number of fused-ring (bicyclic) bond motifs is 1. The average molecular weight is 375 g/mol. The molecule has 0 atom stereocenters. The van der Waals surface area contributed by atoms with Crippen LogP contribution in [0.4, 0.5) is 10.1 Å². The number of nitrogens with zero attached hydrogens (tertiary/aromatic N) is 2. The highest BCUT2D eigenvalue weighted by Gasteiger charge is 2.09. The summed E-state index contributed by atoms with van der Waals surface area (Å²) in [6.45, 7) is 1.96. The summed E-state index contributed by atoms with van der Waals surface area (Å²) in [4.78, 5) is 16.9. The molecule has 1 amide bonds. The zero-order valence-corrected chi connectivity index (χ0v) is 15.2. The second-order valence-corrected chi connectivity index (χ2v) is 6.43. The Kier molecular flexibility index (Phi) is 4.76. The number of aromatic nitrogens is 2. The minimum absolute atomic E-state index is 0.288. The third kappa shape index (κ3) is 3.86. The van der Waals surface area contributed by atoms with E-state index in [1.807, 2.05) is 35.0 Å². The number of anilines is 1. The Morgan fingerprint density at radius 1 is 1.14 bits per heavy atom. The molecule has 1 N–H and O–H groups in total. The molecule has 0 aliphatic rings. The highest BCUT2D eigenvalue weighted by atomic mass is 19.1. The lowest BCUT2D eigenvalue weighted by Crippen LogP contribution is -2.12. The van der Waals surface area contributed by atoms with Gasteiger partial charge in [0, 0.05) is 23.6 Å². The summed E-state index contributed by atoms with van der Waals surface area (Å²) in [7, 11) is 0. The predicted molar refractivity (Wildman–Crippen MR) is 105 cm³/mol. The first kappa shape index (κ1) is 17.7. The summed E-state index contributed by atoms with van der Waals surface area (Å²) in [5.74, 6) is -0.136. The Morgan fingerprint density at radius 3 is 2.86 bits per heavy atom. The molecule has 0 unspecified atom stereocenters. The van der Waals surface area contributed by atoms with Crippen LogP contribution in [0.1, 0.15) is 21.6 Å². The summed E-state index contributed by atoms with van der Waals surface area (Å²) in [5, 5.41) is 2.69. The van der Waals surface area contributed by atoms with Gasteiger partial charge in [0.05, 0.1) is 5.69 Å². The second-order valence-electron chi connectivity index (χ2n) is 6.43. The lowest BCUT2D eigenvalue weighted by Gasteiger charge is -2.09. The Balaban J connectivity index is 1.44. The van der Waals surface area contributed by atoms with Gasteiger partial charge in [-0.1, -0.05) is 18.2 Å². The van der Waals surface area contributed by atoms with Gasteiger partial charge in [-0.15, -0.1) is 0 Å². The summed E-state index contributed by atoms with van der Waals surface area (Å²) in [6, 6.07) is 17.2. The number of hydrogen-bond acceptors (Lipinski definition) is 3. The maximum absolute atomic E-state index is 13.7. The van der Waals surface area contributed by atoms with E-state index in [1.165, 1.54) is 6.07 Å². The molecule has 2 aromatic heterocycles. The molecule has 4 aromatic rings. The monoisotopic (exact) mass is 375 g/mol. The van der Waals surface area contributed by atoms with Crippen molar-refractivity contribution in [1.82, 2.24) is 9.38 Å². The molecule has 0 fully saturated rings. The number of hydrogen-bond donors (Lipinski definition) is 1. The summed E-state index contributed by atoms with van der Waals surface area (Å²) in [6.07, 6.45) is 3.82. The van der Waals surface area contributed by atoms with E-state index in [-0.39, 0.29) is 18.3 Å². The number of benzene rings is 2. The number of rotatable bonds is 5. The standard InChI is InChI=1S/C22H18FN3O2/c1-15-8-9-17(12-20(15)23)25-22(27)16-5-4-6-19(11-16)28-14-18-13-26-10-3-2-7-21(26)24-18/h2-13H,14H2,1H3,(H,25,27). The molecule has 0 saturated carbocycles. The van der Waals surface area contributed by atoms with Gasteiger partial charge in [0.1, 0.15) is 23.8 Å². The lowest BCUT2D eigenvalue weighted by atomic mass is 10.1. The van der Waals surface area contributed by atoms with Crippen LogP contribution >= 0.6 is 0 Å². The predicted octanol–water partition coefficient (Wildman–Crippen LogP) is 4.61. The summed E-state index contributed by atoms with van der Waals surface area (Å²) in [5.41, 5.74) is 2.99. The maximum Gasteiger partial charge on any atom is 0.255 e.